The molecule has 0 bridgehead atoms. The van der Waals surface area contributed by atoms with Crippen LogP contribution in [0.2, 0.25) is 0 Å². The van der Waals surface area contributed by atoms with Crippen LogP contribution < -0.4 is 0 Å². The topological polar surface area (TPSA) is 12.5 Å². The Bertz CT molecular complexity index is 454. The van der Waals surface area contributed by atoms with Crippen LogP contribution in [0.3, 0.4) is 0 Å². The molecule has 2 aliphatic rings. The average Bonchev–Trinajstić information content (AvgIpc) is 2.78. The van der Waals surface area contributed by atoms with Gasteiger partial charge in [0.15, 0.2) is 0 Å². The Balaban J connectivity index is 1.61. The van der Waals surface area contributed by atoms with Crippen molar-refractivity contribution in [2.45, 2.75) is 42.1 Å². The van der Waals surface area contributed by atoms with E-state index >= 15 is 0 Å². The number of hydrogen-bond donors (Lipinski definition) is 0. The number of thioether (sulfide) groups is 1. The highest BCUT2D eigenvalue weighted by Gasteiger charge is 2.34. The molecule has 2 aliphatic heterocycles. The fraction of sp³-hybridized carbons (Fsp3) is 0.625. The minimum atomic E-state index is -0.0349. The Morgan fingerprint density at radius 3 is 2.95 bits per heavy atom. The first-order chi connectivity index (χ1) is 9.55. The van der Waals surface area contributed by atoms with E-state index in [0.717, 1.165) is 25.0 Å². The van der Waals surface area contributed by atoms with Crippen molar-refractivity contribution in [1.29, 1.82) is 0 Å². The van der Waals surface area contributed by atoms with Gasteiger partial charge in [0.25, 0.3) is 0 Å². The fourth-order valence-corrected chi connectivity index (χ4v) is 4.98. The molecular formula is C16H22BrNOS. The van der Waals surface area contributed by atoms with E-state index in [0.29, 0.717) is 11.4 Å². The molecule has 4 heteroatoms. The summed E-state index contributed by atoms with van der Waals surface area (Å²) >= 11 is 5.61. The number of alkyl halides is 1. The number of nitrogens with zero attached hydrogens (tertiary/aromatic N) is 1. The van der Waals surface area contributed by atoms with Gasteiger partial charge in [0.05, 0.1) is 11.7 Å². The lowest BCUT2D eigenvalue weighted by atomic mass is 10.0. The smallest absolute Gasteiger partial charge is 0.0806 e. The number of hydrogen-bond acceptors (Lipinski definition) is 3. The van der Waals surface area contributed by atoms with Crippen LogP contribution >= 0.6 is 27.7 Å². The molecule has 0 amide bonds. The van der Waals surface area contributed by atoms with Crippen molar-refractivity contribution in [3.63, 3.8) is 0 Å². The largest absolute Gasteiger partial charge is 0.369 e. The van der Waals surface area contributed by atoms with E-state index in [4.69, 9.17) is 4.74 Å². The van der Waals surface area contributed by atoms with Crippen molar-refractivity contribution in [3.05, 3.63) is 29.8 Å². The highest BCUT2D eigenvalue weighted by molar-refractivity contribution is 9.09. The quantitative estimate of drug-likeness (QED) is 0.769. The minimum Gasteiger partial charge on any atom is -0.369 e. The Hall–Kier alpha value is -0.0300. The van der Waals surface area contributed by atoms with Crippen molar-refractivity contribution in [2.75, 3.05) is 25.0 Å². The van der Waals surface area contributed by atoms with Crippen LogP contribution in [0.4, 0.5) is 0 Å². The van der Waals surface area contributed by atoms with Crippen molar-refractivity contribution >= 4 is 27.7 Å². The van der Waals surface area contributed by atoms with Gasteiger partial charge in [-0.2, -0.15) is 0 Å². The molecule has 0 aliphatic carbocycles. The van der Waals surface area contributed by atoms with Crippen LogP contribution in [0.25, 0.3) is 0 Å². The molecule has 2 unspecified atom stereocenters. The molecule has 2 heterocycles. The molecule has 3 rings (SSSR count). The third-order valence-corrected chi connectivity index (χ3v) is 5.92. The third-order valence-electron chi connectivity index (χ3n) is 3.90. The Labute approximate surface area is 134 Å². The van der Waals surface area contributed by atoms with Crippen LogP contribution in [-0.2, 0) is 11.2 Å². The molecule has 0 spiro atoms. The third kappa shape index (κ3) is 3.41. The molecule has 1 aromatic carbocycles. The van der Waals surface area contributed by atoms with Gasteiger partial charge in [0.1, 0.15) is 0 Å². The van der Waals surface area contributed by atoms with Gasteiger partial charge in [-0.15, -0.1) is 11.8 Å². The van der Waals surface area contributed by atoms with E-state index in [1.165, 1.54) is 16.9 Å². The van der Waals surface area contributed by atoms with Gasteiger partial charge in [0, 0.05) is 35.1 Å². The number of morpholine rings is 1. The van der Waals surface area contributed by atoms with E-state index in [1.54, 1.807) is 0 Å². The number of halogens is 1. The summed E-state index contributed by atoms with van der Waals surface area (Å²) in [6.07, 6.45) is 1.52. The zero-order valence-electron chi connectivity index (χ0n) is 12.1. The van der Waals surface area contributed by atoms with Gasteiger partial charge in [-0.1, -0.05) is 34.1 Å². The second kappa shape index (κ2) is 5.99. The molecule has 1 fully saturated rings. The van der Waals surface area contributed by atoms with Crippen molar-refractivity contribution in [3.8, 4) is 0 Å². The lowest BCUT2D eigenvalue weighted by Gasteiger charge is -2.43. The van der Waals surface area contributed by atoms with Crippen molar-refractivity contribution in [2.24, 2.45) is 0 Å². The maximum atomic E-state index is 6.08. The average molecular weight is 356 g/mol. The summed E-state index contributed by atoms with van der Waals surface area (Å²) in [6.45, 7) is 7.64. The highest BCUT2D eigenvalue weighted by atomic mass is 79.9. The van der Waals surface area contributed by atoms with Crippen molar-refractivity contribution < 1.29 is 4.74 Å². The lowest BCUT2D eigenvalue weighted by molar-refractivity contribution is -0.126. The van der Waals surface area contributed by atoms with Gasteiger partial charge >= 0.3 is 0 Å². The monoisotopic (exact) mass is 355 g/mol. The highest BCUT2D eigenvalue weighted by Crippen LogP contribution is 2.37. The first kappa shape index (κ1) is 14.9. The second-order valence-corrected chi connectivity index (χ2v) is 8.39. The van der Waals surface area contributed by atoms with E-state index in [-0.39, 0.29) is 5.60 Å². The predicted octanol–water partition coefficient (Wildman–Crippen LogP) is 3.58. The maximum Gasteiger partial charge on any atom is 0.0806 e. The summed E-state index contributed by atoms with van der Waals surface area (Å²) in [7, 11) is 0. The number of fused-ring (bicyclic) bond motifs is 1. The van der Waals surface area contributed by atoms with Gasteiger partial charge in [0.2, 0.25) is 0 Å². The standard InChI is InChI=1S/C16H22BrNOS/c1-16(2)11-18(9-13(8-17)19-16)10-14-7-12-5-3-4-6-15(12)20-14/h3-6,13-14H,7-11H2,1-2H3. The van der Waals surface area contributed by atoms with Gasteiger partial charge in [-0.25, -0.2) is 0 Å². The Morgan fingerprint density at radius 2 is 2.20 bits per heavy atom. The van der Waals surface area contributed by atoms with Gasteiger partial charge < -0.3 is 4.74 Å². The zero-order chi connectivity index (χ0) is 14.2. The fourth-order valence-electron chi connectivity index (χ4n) is 3.28. The predicted molar refractivity (Wildman–Crippen MR) is 89.0 cm³/mol. The molecule has 2 atom stereocenters. The molecule has 0 aromatic heterocycles. The molecule has 2 nitrogen and oxygen atoms in total. The normalized spacial score (nSPS) is 29.4. The molecule has 20 heavy (non-hydrogen) atoms. The summed E-state index contributed by atoms with van der Waals surface area (Å²) in [4.78, 5) is 4.06. The molecule has 0 radical (unpaired) electrons. The molecular weight excluding hydrogens is 334 g/mol. The van der Waals surface area contributed by atoms with E-state index in [2.05, 4.69) is 58.9 Å². The SMILES string of the molecule is CC1(C)CN(CC2Cc3ccccc3S2)CC(CBr)O1. The van der Waals surface area contributed by atoms with Gasteiger partial charge in [-0.05, 0) is 31.9 Å². The summed E-state index contributed by atoms with van der Waals surface area (Å²) in [5.41, 5.74) is 1.49. The van der Waals surface area contributed by atoms with Crippen LogP contribution in [0.5, 0.6) is 0 Å². The van der Waals surface area contributed by atoms with Crippen molar-refractivity contribution in [1.82, 2.24) is 4.90 Å². The minimum absolute atomic E-state index is 0.0349. The Morgan fingerprint density at radius 1 is 1.40 bits per heavy atom. The van der Waals surface area contributed by atoms with Crippen LogP contribution in [-0.4, -0.2) is 46.8 Å². The first-order valence-corrected chi connectivity index (χ1v) is 9.26. The van der Waals surface area contributed by atoms with E-state index < -0.39 is 0 Å². The van der Waals surface area contributed by atoms with Gasteiger partial charge in [-0.3, -0.25) is 4.90 Å². The summed E-state index contributed by atoms with van der Waals surface area (Å²) in [5.74, 6) is 0. The van der Waals surface area contributed by atoms with E-state index in [1.807, 2.05) is 11.8 Å². The Kier molecular flexibility index (Phi) is 4.46. The molecule has 0 saturated carbocycles. The molecule has 0 N–H and O–H groups in total. The van der Waals surface area contributed by atoms with E-state index in [9.17, 15) is 0 Å². The van der Waals surface area contributed by atoms with Crippen LogP contribution in [0, 0.1) is 0 Å². The number of benzene rings is 1. The summed E-state index contributed by atoms with van der Waals surface area (Å²) in [6, 6.07) is 8.82. The number of rotatable bonds is 3. The number of ether oxygens (including phenoxy) is 1. The maximum absolute atomic E-state index is 6.08. The molecule has 1 saturated heterocycles. The summed E-state index contributed by atoms with van der Waals surface area (Å²) < 4.78 is 6.08. The lowest BCUT2D eigenvalue weighted by Crippen LogP contribution is -2.54. The summed E-state index contributed by atoms with van der Waals surface area (Å²) in [5, 5.41) is 1.61. The second-order valence-electron chi connectivity index (χ2n) is 6.40. The first-order valence-electron chi connectivity index (χ1n) is 7.26. The van der Waals surface area contributed by atoms with Crippen LogP contribution in [0.15, 0.2) is 29.2 Å². The zero-order valence-corrected chi connectivity index (χ0v) is 14.5. The molecule has 1 aromatic rings. The molecule has 110 valence electrons. The van der Waals surface area contributed by atoms with Crippen LogP contribution in [0.1, 0.15) is 19.4 Å².